The molecule has 1 heterocycles. The van der Waals surface area contributed by atoms with Crippen molar-refractivity contribution in [3.05, 3.63) is 111 Å². The first-order chi connectivity index (χ1) is 16.0. The number of nitrogens with one attached hydrogen (secondary N) is 1. The summed E-state index contributed by atoms with van der Waals surface area (Å²) in [5.74, 6) is 0.143. The van der Waals surface area contributed by atoms with Crippen molar-refractivity contribution >= 4 is 35.5 Å². The molecule has 0 saturated carbocycles. The Hall–Kier alpha value is -3.98. The number of carbonyl (C=O) groups excluding carboxylic acids is 2. The summed E-state index contributed by atoms with van der Waals surface area (Å²) in [5, 5.41) is 14.5. The number of carbonyl (C=O) groups is 2. The molecule has 0 aromatic heterocycles. The van der Waals surface area contributed by atoms with E-state index in [1.807, 2.05) is 47.4 Å². The molecule has 1 fully saturated rings. The third-order valence-electron chi connectivity index (χ3n) is 5.11. The van der Waals surface area contributed by atoms with E-state index in [0.717, 1.165) is 11.1 Å². The molecule has 3 aromatic carbocycles. The summed E-state index contributed by atoms with van der Waals surface area (Å²) in [4.78, 5) is 36.9. The summed E-state index contributed by atoms with van der Waals surface area (Å²) in [5.41, 5.74) is 5.51. The van der Waals surface area contributed by atoms with Gasteiger partial charge in [0, 0.05) is 24.2 Å². The van der Waals surface area contributed by atoms with Gasteiger partial charge in [0.2, 0.25) is 5.91 Å². The first kappa shape index (κ1) is 22.2. The molecule has 166 valence electrons. The Kier molecular flexibility index (Phi) is 6.80. The highest BCUT2D eigenvalue weighted by Crippen LogP contribution is 2.39. The van der Waals surface area contributed by atoms with Gasteiger partial charge in [-0.05, 0) is 41.0 Å². The number of amides is 2. The molecule has 0 spiro atoms. The average molecular weight is 461 g/mol. The highest BCUT2D eigenvalue weighted by atomic mass is 32.2. The van der Waals surface area contributed by atoms with Crippen molar-refractivity contribution in [3.8, 4) is 0 Å². The van der Waals surface area contributed by atoms with E-state index in [0.29, 0.717) is 23.4 Å². The van der Waals surface area contributed by atoms with E-state index in [4.69, 9.17) is 0 Å². The van der Waals surface area contributed by atoms with E-state index in [1.165, 1.54) is 18.3 Å². The molecule has 8 nitrogen and oxygen atoms in total. The number of hydrogen-bond donors (Lipinski definition) is 1. The molecule has 9 heteroatoms. The van der Waals surface area contributed by atoms with Crippen LogP contribution in [-0.2, 0) is 11.3 Å². The van der Waals surface area contributed by atoms with Crippen LogP contribution in [0.2, 0.25) is 0 Å². The molecule has 1 N–H and O–H groups in total. The highest BCUT2D eigenvalue weighted by Gasteiger charge is 2.32. The number of nitro groups is 1. The molecular weight excluding hydrogens is 440 g/mol. The predicted octanol–water partition coefficient (Wildman–Crippen LogP) is 4.13. The summed E-state index contributed by atoms with van der Waals surface area (Å²) in [6, 6.07) is 22.8. The minimum absolute atomic E-state index is 0.0132. The van der Waals surface area contributed by atoms with E-state index in [1.54, 1.807) is 36.0 Å². The second kappa shape index (κ2) is 10.1. The molecule has 1 aliphatic rings. The maximum absolute atomic E-state index is 12.4. The number of rotatable bonds is 7. The van der Waals surface area contributed by atoms with E-state index in [2.05, 4.69) is 10.5 Å². The first-order valence-corrected chi connectivity index (χ1v) is 11.2. The number of thioether (sulfide) groups is 1. The van der Waals surface area contributed by atoms with Crippen molar-refractivity contribution < 1.29 is 14.5 Å². The van der Waals surface area contributed by atoms with Crippen molar-refractivity contribution in [1.82, 2.24) is 10.3 Å². The fourth-order valence-corrected chi connectivity index (χ4v) is 4.58. The summed E-state index contributed by atoms with van der Waals surface area (Å²) < 4.78 is 0. The first-order valence-electron chi connectivity index (χ1n) is 10.1. The zero-order valence-corrected chi connectivity index (χ0v) is 18.3. The molecule has 2 amide bonds. The van der Waals surface area contributed by atoms with Gasteiger partial charge in [-0.3, -0.25) is 19.7 Å². The van der Waals surface area contributed by atoms with E-state index in [-0.39, 0.29) is 22.9 Å². The van der Waals surface area contributed by atoms with Gasteiger partial charge < -0.3 is 4.90 Å². The van der Waals surface area contributed by atoms with Gasteiger partial charge in [-0.25, -0.2) is 5.43 Å². The topological polar surface area (TPSA) is 105 Å². The van der Waals surface area contributed by atoms with Gasteiger partial charge in [-0.15, -0.1) is 11.8 Å². The van der Waals surface area contributed by atoms with Crippen molar-refractivity contribution in [2.24, 2.45) is 5.10 Å². The Morgan fingerprint density at radius 1 is 1.09 bits per heavy atom. The molecule has 1 atom stereocenters. The fraction of sp³-hybridized carbons (Fsp3) is 0.125. The van der Waals surface area contributed by atoms with Crippen molar-refractivity contribution in [2.75, 3.05) is 5.75 Å². The Morgan fingerprint density at radius 3 is 2.45 bits per heavy atom. The maximum Gasteiger partial charge on any atom is 0.271 e. The lowest BCUT2D eigenvalue weighted by Gasteiger charge is -2.24. The average Bonchev–Trinajstić information content (AvgIpc) is 3.20. The van der Waals surface area contributed by atoms with Crippen LogP contribution >= 0.6 is 11.8 Å². The van der Waals surface area contributed by atoms with Crippen LogP contribution in [0.25, 0.3) is 0 Å². The van der Waals surface area contributed by atoms with E-state index < -0.39 is 4.92 Å². The monoisotopic (exact) mass is 460 g/mol. The van der Waals surface area contributed by atoms with Gasteiger partial charge in [0.05, 0.1) is 16.9 Å². The highest BCUT2D eigenvalue weighted by molar-refractivity contribution is 8.00. The standard InChI is InChI=1S/C24H20N4O4S/c29-22-16-33-24(27(22)15-18-4-2-1-3-5-18)20-10-8-19(9-11-20)23(30)26-25-14-17-6-12-21(13-7-17)28(31)32/h1-14,24H,15-16H2,(H,26,30). The summed E-state index contributed by atoms with van der Waals surface area (Å²) in [7, 11) is 0. The van der Waals surface area contributed by atoms with Gasteiger partial charge in [-0.1, -0.05) is 42.5 Å². The van der Waals surface area contributed by atoms with E-state index in [9.17, 15) is 19.7 Å². The second-order valence-electron chi connectivity index (χ2n) is 7.34. The summed E-state index contributed by atoms with van der Waals surface area (Å²) in [6.07, 6.45) is 1.41. The van der Waals surface area contributed by atoms with Crippen LogP contribution in [-0.4, -0.2) is 33.6 Å². The number of hydrogen-bond acceptors (Lipinski definition) is 6. The van der Waals surface area contributed by atoms with Gasteiger partial charge in [0.15, 0.2) is 0 Å². The van der Waals surface area contributed by atoms with Gasteiger partial charge in [0.1, 0.15) is 5.37 Å². The lowest BCUT2D eigenvalue weighted by atomic mass is 10.1. The second-order valence-corrected chi connectivity index (χ2v) is 8.41. The van der Waals surface area contributed by atoms with E-state index >= 15 is 0 Å². The van der Waals surface area contributed by atoms with Crippen LogP contribution in [0.1, 0.15) is 32.4 Å². The third kappa shape index (κ3) is 5.45. The van der Waals surface area contributed by atoms with Crippen LogP contribution < -0.4 is 5.43 Å². The zero-order valence-electron chi connectivity index (χ0n) is 17.5. The molecule has 3 aromatic rings. The Labute approximate surface area is 194 Å². The fourth-order valence-electron chi connectivity index (χ4n) is 3.39. The molecule has 0 radical (unpaired) electrons. The minimum atomic E-state index is -0.479. The number of nitro benzene ring substituents is 1. The van der Waals surface area contributed by atoms with Crippen molar-refractivity contribution in [1.29, 1.82) is 0 Å². The van der Waals surface area contributed by atoms with Crippen molar-refractivity contribution in [2.45, 2.75) is 11.9 Å². The number of nitrogens with zero attached hydrogens (tertiary/aromatic N) is 3. The molecule has 33 heavy (non-hydrogen) atoms. The molecule has 0 bridgehead atoms. The Bertz CT molecular complexity index is 1180. The maximum atomic E-state index is 12.4. The smallest absolute Gasteiger partial charge is 0.271 e. The quantitative estimate of drug-likeness (QED) is 0.324. The van der Waals surface area contributed by atoms with Crippen molar-refractivity contribution in [3.63, 3.8) is 0 Å². The number of non-ortho nitro benzene ring substituents is 1. The number of benzene rings is 3. The Balaban J connectivity index is 1.38. The van der Waals surface area contributed by atoms with Crippen LogP contribution in [0.4, 0.5) is 5.69 Å². The molecule has 1 saturated heterocycles. The van der Waals surface area contributed by atoms with Gasteiger partial charge >= 0.3 is 0 Å². The minimum Gasteiger partial charge on any atom is -0.322 e. The van der Waals surface area contributed by atoms with Crippen LogP contribution in [0, 0.1) is 10.1 Å². The lowest BCUT2D eigenvalue weighted by molar-refractivity contribution is -0.384. The van der Waals surface area contributed by atoms with Gasteiger partial charge in [0.25, 0.3) is 11.6 Å². The molecular formula is C24H20N4O4S. The molecule has 4 rings (SSSR count). The Morgan fingerprint density at radius 2 is 1.79 bits per heavy atom. The molecule has 1 unspecified atom stereocenters. The number of hydrazone groups is 1. The SMILES string of the molecule is O=C(NN=Cc1ccc([N+](=O)[O-])cc1)c1ccc(C2SCC(=O)N2Cc2ccccc2)cc1. The van der Waals surface area contributed by atoms with Crippen LogP contribution in [0.5, 0.6) is 0 Å². The molecule has 0 aliphatic carbocycles. The predicted molar refractivity (Wildman–Crippen MR) is 127 cm³/mol. The normalized spacial score (nSPS) is 15.7. The summed E-state index contributed by atoms with van der Waals surface area (Å²) >= 11 is 1.57. The molecule has 1 aliphatic heterocycles. The van der Waals surface area contributed by atoms with Gasteiger partial charge in [-0.2, -0.15) is 5.10 Å². The summed E-state index contributed by atoms with van der Waals surface area (Å²) in [6.45, 7) is 0.539. The largest absolute Gasteiger partial charge is 0.322 e. The van der Waals surface area contributed by atoms with Crippen LogP contribution in [0.3, 0.4) is 0 Å². The lowest BCUT2D eigenvalue weighted by Crippen LogP contribution is -2.27. The van der Waals surface area contributed by atoms with Crippen LogP contribution in [0.15, 0.2) is 84.0 Å². The third-order valence-corrected chi connectivity index (χ3v) is 6.36. The zero-order chi connectivity index (χ0) is 23.2.